The largest absolute Gasteiger partial charge is 0.406 e. The molecule has 0 aliphatic carbocycles. The summed E-state index contributed by atoms with van der Waals surface area (Å²) < 4.78 is 27.1. The minimum atomic E-state index is -2.91. The topological polar surface area (TPSA) is 97.1 Å². The molecular weight excluding hydrogens is 244 g/mol. The third-order valence-electron chi connectivity index (χ3n) is 2.21. The van der Waals surface area contributed by atoms with Crippen LogP contribution in [0.5, 0.6) is 0 Å². The van der Waals surface area contributed by atoms with Gasteiger partial charge in [-0.05, 0) is 20.4 Å². The van der Waals surface area contributed by atoms with E-state index in [0.29, 0.717) is 24.9 Å². The van der Waals surface area contributed by atoms with Gasteiger partial charge in [0.2, 0.25) is 5.89 Å². The molecule has 0 fully saturated rings. The Hall–Kier alpha value is -1.15. The fourth-order valence-electron chi connectivity index (χ4n) is 1.13. The van der Waals surface area contributed by atoms with Crippen LogP contribution < -0.4 is 10.6 Å². The lowest BCUT2D eigenvalue weighted by molar-refractivity contribution is 0.441. The highest BCUT2D eigenvalue weighted by Crippen LogP contribution is 2.12. The Morgan fingerprint density at radius 3 is 2.71 bits per heavy atom. The van der Waals surface area contributed by atoms with E-state index < -0.39 is 9.84 Å². The van der Waals surface area contributed by atoms with E-state index in [9.17, 15) is 8.42 Å². The van der Waals surface area contributed by atoms with Crippen LogP contribution in [0, 0.1) is 0 Å². The van der Waals surface area contributed by atoms with E-state index in [1.807, 2.05) is 6.92 Å². The van der Waals surface area contributed by atoms with E-state index in [1.54, 1.807) is 7.05 Å². The lowest BCUT2D eigenvalue weighted by Gasteiger charge is -2.03. The van der Waals surface area contributed by atoms with Crippen molar-refractivity contribution in [1.82, 2.24) is 15.5 Å². The Morgan fingerprint density at radius 1 is 1.41 bits per heavy atom. The number of anilines is 1. The van der Waals surface area contributed by atoms with Crippen LogP contribution in [-0.2, 0) is 9.84 Å². The standard InChI is InChI=1S/C9H18N4O3S/c1-7(10-2)8-12-13-9(16-8)11-5-4-6-17(3,14)15/h7,10H,4-6H2,1-3H3,(H,11,13). The van der Waals surface area contributed by atoms with Gasteiger partial charge in [-0.1, -0.05) is 5.10 Å². The van der Waals surface area contributed by atoms with Gasteiger partial charge in [-0.25, -0.2) is 8.42 Å². The molecule has 7 nitrogen and oxygen atoms in total. The average molecular weight is 262 g/mol. The number of rotatable bonds is 7. The van der Waals surface area contributed by atoms with Gasteiger partial charge in [-0.3, -0.25) is 0 Å². The first-order chi connectivity index (χ1) is 7.92. The van der Waals surface area contributed by atoms with Crippen molar-refractivity contribution >= 4 is 15.9 Å². The second-order valence-corrected chi connectivity index (χ2v) is 6.13. The van der Waals surface area contributed by atoms with Crippen LogP contribution in [-0.4, -0.2) is 44.2 Å². The van der Waals surface area contributed by atoms with E-state index in [1.165, 1.54) is 6.26 Å². The van der Waals surface area contributed by atoms with E-state index in [-0.39, 0.29) is 11.8 Å². The molecule has 1 aromatic heterocycles. The monoisotopic (exact) mass is 262 g/mol. The van der Waals surface area contributed by atoms with Crippen molar-refractivity contribution in [2.75, 3.05) is 30.9 Å². The van der Waals surface area contributed by atoms with Crippen molar-refractivity contribution in [3.8, 4) is 0 Å². The van der Waals surface area contributed by atoms with Crippen LogP contribution in [0.2, 0.25) is 0 Å². The zero-order chi connectivity index (χ0) is 12.9. The molecule has 1 atom stereocenters. The maximum absolute atomic E-state index is 10.9. The molecule has 17 heavy (non-hydrogen) atoms. The van der Waals surface area contributed by atoms with Gasteiger partial charge in [0.1, 0.15) is 9.84 Å². The predicted octanol–water partition coefficient (Wildman–Crippen LogP) is 0.197. The second kappa shape index (κ2) is 5.97. The first-order valence-corrected chi connectivity index (χ1v) is 7.40. The Bertz CT molecular complexity index is 443. The van der Waals surface area contributed by atoms with E-state index >= 15 is 0 Å². The normalized spacial score (nSPS) is 13.6. The minimum absolute atomic E-state index is 0.00549. The molecule has 0 amide bonds. The summed E-state index contributed by atoms with van der Waals surface area (Å²) in [6.07, 6.45) is 1.73. The summed E-state index contributed by atoms with van der Waals surface area (Å²) in [4.78, 5) is 0. The fourth-order valence-corrected chi connectivity index (χ4v) is 1.80. The van der Waals surface area contributed by atoms with Crippen molar-refractivity contribution in [3.05, 3.63) is 5.89 Å². The number of hydrogen-bond donors (Lipinski definition) is 2. The number of hydrogen-bond acceptors (Lipinski definition) is 7. The molecule has 0 aliphatic rings. The second-order valence-electron chi connectivity index (χ2n) is 3.87. The molecule has 0 bridgehead atoms. The van der Waals surface area contributed by atoms with Gasteiger partial charge in [0.05, 0.1) is 11.8 Å². The molecule has 1 aromatic rings. The van der Waals surface area contributed by atoms with Gasteiger partial charge in [0, 0.05) is 12.8 Å². The molecular formula is C9H18N4O3S. The van der Waals surface area contributed by atoms with Crippen molar-refractivity contribution < 1.29 is 12.8 Å². The highest BCUT2D eigenvalue weighted by molar-refractivity contribution is 7.90. The van der Waals surface area contributed by atoms with E-state index in [0.717, 1.165) is 0 Å². The molecule has 98 valence electrons. The molecule has 0 spiro atoms. The smallest absolute Gasteiger partial charge is 0.315 e. The zero-order valence-electron chi connectivity index (χ0n) is 10.2. The van der Waals surface area contributed by atoms with E-state index in [4.69, 9.17) is 4.42 Å². The first-order valence-electron chi connectivity index (χ1n) is 5.34. The molecule has 1 heterocycles. The summed E-state index contributed by atoms with van der Waals surface area (Å²) in [5, 5.41) is 13.5. The summed E-state index contributed by atoms with van der Waals surface area (Å²) >= 11 is 0. The SMILES string of the molecule is CNC(C)c1nnc(NCCCS(C)(=O)=O)o1. The molecule has 0 saturated carbocycles. The van der Waals surface area contributed by atoms with Crippen LogP contribution in [0.1, 0.15) is 25.3 Å². The zero-order valence-corrected chi connectivity index (χ0v) is 11.0. The lowest BCUT2D eigenvalue weighted by atomic mass is 10.3. The quantitative estimate of drug-likeness (QED) is 0.677. The van der Waals surface area contributed by atoms with Gasteiger partial charge in [-0.15, -0.1) is 5.10 Å². The maximum Gasteiger partial charge on any atom is 0.315 e. The maximum atomic E-state index is 10.9. The third kappa shape index (κ3) is 5.14. The van der Waals surface area contributed by atoms with Crippen LogP contribution in [0.4, 0.5) is 6.01 Å². The van der Waals surface area contributed by atoms with Gasteiger partial charge >= 0.3 is 6.01 Å². The molecule has 1 rings (SSSR count). The van der Waals surface area contributed by atoms with Gasteiger partial charge < -0.3 is 15.1 Å². The number of nitrogens with one attached hydrogen (secondary N) is 2. The summed E-state index contributed by atoms with van der Waals surface area (Å²) in [5.41, 5.74) is 0. The van der Waals surface area contributed by atoms with Gasteiger partial charge in [0.25, 0.3) is 0 Å². The van der Waals surface area contributed by atoms with Gasteiger partial charge in [0.15, 0.2) is 0 Å². The minimum Gasteiger partial charge on any atom is -0.406 e. The summed E-state index contributed by atoms with van der Waals surface area (Å²) in [6.45, 7) is 2.39. The molecule has 1 unspecified atom stereocenters. The summed E-state index contributed by atoms with van der Waals surface area (Å²) in [6, 6.07) is 0.310. The summed E-state index contributed by atoms with van der Waals surface area (Å²) in [7, 11) is -1.11. The van der Waals surface area contributed by atoms with Gasteiger partial charge in [-0.2, -0.15) is 0 Å². The van der Waals surface area contributed by atoms with Crippen molar-refractivity contribution in [3.63, 3.8) is 0 Å². The molecule has 0 aromatic carbocycles. The molecule has 0 saturated heterocycles. The Kier molecular flexibility index (Phi) is 4.88. The first kappa shape index (κ1) is 13.9. The lowest BCUT2D eigenvalue weighted by Crippen LogP contribution is -2.12. The van der Waals surface area contributed by atoms with Crippen molar-refractivity contribution in [2.45, 2.75) is 19.4 Å². The average Bonchev–Trinajstić information content (AvgIpc) is 2.70. The van der Waals surface area contributed by atoms with Crippen LogP contribution >= 0.6 is 0 Å². The molecule has 0 aliphatic heterocycles. The molecule has 0 radical (unpaired) electrons. The third-order valence-corrected chi connectivity index (χ3v) is 3.24. The number of aromatic nitrogens is 2. The highest BCUT2D eigenvalue weighted by Gasteiger charge is 2.11. The highest BCUT2D eigenvalue weighted by atomic mass is 32.2. The Labute approximate surface area is 101 Å². The van der Waals surface area contributed by atoms with Crippen molar-refractivity contribution in [2.24, 2.45) is 0 Å². The van der Waals surface area contributed by atoms with Crippen LogP contribution in [0.25, 0.3) is 0 Å². The number of sulfone groups is 1. The molecule has 2 N–H and O–H groups in total. The Morgan fingerprint density at radius 2 is 2.12 bits per heavy atom. The van der Waals surface area contributed by atoms with Crippen molar-refractivity contribution in [1.29, 1.82) is 0 Å². The van der Waals surface area contributed by atoms with Crippen LogP contribution in [0.3, 0.4) is 0 Å². The Balaban J connectivity index is 2.35. The van der Waals surface area contributed by atoms with Crippen LogP contribution in [0.15, 0.2) is 4.42 Å². The molecule has 8 heteroatoms. The van der Waals surface area contributed by atoms with E-state index in [2.05, 4.69) is 20.8 Å². The predicted molar refractivity (Wildman–Crippen MR) is 64.6 cm³/mol. The summed E-state index contributed by atoms with van der Waals surface area (Å²) in [5.74, 6) is 0.645. The number of nitrogens with zero attached hydrogens (tertiary/aromatic N) is 2. The fraction of sp³-hybridized carbons (Fsp3) is 0.778.